The number of rotatable bonds is 4. The van der Waals surface area contributed by atoms with Crippen molar-refractivity contribution in [3.8, 4) is 0 Å². The maximum atomic E-state index is 4.64. The first-order valence-electron chi connectivity index (χ1n) is 6.18. The van der Waals surface area contributed by atoms with Gasteiger partial charge >= 0.3 is 0 Å². The Hall–Kier alpha value is -0.450. The van der Waals surface area contributed by atoms with Crippen molar-refractivity contribution in [3.63, 3.8) is 0 Å². The Labute approximate surface area is 102 Å². The molecule has 2 heterocycles. The molecule has 0 aliphatic carbocycles. The van der Waals surface area contributed by atoms with Crippen LogP contribution >= 0.6 is 11.3 Å². The van der Waals surface area contributed by atoms with Crippen molar-refractivity contribution in [2.45, 2.75) is 33.2 Å². The van der Waals surface area contributed by atoms with Crippen molar-refractivity contribution in [1.82, 2.24) is 15.2 Å². The summed E-state index contributed by atoms with van der Waals surface area (Å²) in [5.74, 6) is 0. The van der Waals surface area contributed by atoms with Gasteiger partial charge in [-0.15, -0.1) is 11.3 Å². The molecule has 0 aromatic carbocycles. The number of hydrogen-bond donors (Lipinski definition) is 1. The third-order valence-corrected chi connectivity index (χ3v) is 4.18. The van der Waals surface area contributed by atoms with Crippen LogP contribution in [0.4, 0.5) is 0 Å². The van der Waals surface area contributed by atoms with E-state index in [9.17, 15) is 0 Å². The smallest absolute Gasteiger partial charge is 0.0931 e. The number of nitrogens with one attached hydrogen (secondary N) is 1. The van der Waals surface area contributed by atoms with Gasteiger partial charge in [0, 0.05) is 37.6 Å². The first kappa shape index (κ1) is 12.0. The minimum Gasteiger partial charge on any atom is -0.314 e. The van der Waals surface area contributed by atoms with Crippen molar-refractivity contribution < 1.29 is 0 Å². The van der Waals surface area contributed by atoms with Gasteiger partial charge in [0.05, 0.1) is 10.7 Å². The molecule has 16 heavy (non-hydrogen) atoms. The van der Waals surface area contributed by atoms with Crippen LogP contribution in [0.1, 0.15) is 28.9 Å². The van der Waals surface area contributed by atoms with Crippen molar-refractivity contribution >= 4 is 11.3 Å². The normalized spacial score (nSPS) is 17.9. The number of nitrogens with zero attached hydrogens (tertiary/aromatic N) is 2. The van der Waals surface area contributed by atoms with Gasteiger partial charge in [-0.2, -0.15) is 0 Å². The summed E-state index contributed by atoms with van der Waals surface area (Å²) in [6.45, 7) is 10.0. The average molecular weight is 239 g/mol. The molecule has 1 saturated heterocycles. The molecule has 1 fully saturated rings. The quantitative estimate of drug-likeness (QED) is 0.868. The van der Waals surface area contributed by atoms with Crippen LogP contribution in [0.2, 0.25) is 0 Å². The van der Waals surface area contributed by atoms with Gasteiger partial charge in [0.2, 0.25) is 0 Å². The van der Waals surface area contributed by atoms with Gasteiger partial charge in [0.1, 0.15) is 0 Å². The molecule has 90 valence electrons. The lowest BCUT2D eigenvalue weighted by Crippen LogP contribution is -2.42. The van der Waals surface area contributed by atoms with Crippen LogP contribution in [0.5, 0.6) is 0 Å². The Morgan fingerprint density at radius 1 is 1.38 bits per heavy atom. The van der Waals surface area contributed by atoms with Crippen LogP contribution in [0.3, 0.4) is 0 Å². The van der Waals surface area contributed by atoms with Crippen LogP contribution in [0, 0.1) is 6.92 Å². The molecule has 0 radical (unpaired) electrons. The Morgan fingerprint density at radius 2 is 2.12 bits per heavy atom. The second kappa shape index (κ2) is 5.75. The molecule has 0 spiro atoms. The summed E-state index contributed by atoms with van der Waals surface area (Å²) in [5, 5.41) is 4.70. The number of thiazole rings is 1. The summed E-state index contributed by atoms with van der Waals surface area (Å²) in [6.07, 6.45) is 2.33. The molecule has 2 rings (SSSR count). The van der Waals surface area contributed by atoms with E-state index >= 15 is 0 Å². The maximum absolute atomic E-state index is 4.64. The van der Waals surface area contributed by atoms with Crippen LogP contribution in [-0.2, 0) is 13.0 Å². The SMILES string of the molecule is CCCc1nc(C)c(CN2CCNCC2)s1. The Morgan fingerprint density at radius 3 is 2.81 bits per heavy atom. The van der Waals surface area contributed by atoms with E-state index in [1.807, 2.05) is 11.3 Å². The van der Waals surface area contributed by atoms with E-state index in [1.165, 1.54) is 35.1 Å². The van der Waals surface area contributed by atoms with Crippen molar-refractivity contribution in [1.29, 1.82) is 0 Å². The molecular weight excluding hydrogens is 218 g/mol. The highest BCUT2D eigenvalue weighted by Gasteiger charge is 2.13. The fourth-order valence-electron chi connectivity index (χ4n) is 2.03. The third kappa shape index (κ3) is 3.03. The number of aryl methyl sites for hydroxylation is 2. The number of aromatic nitrogens is 1. The van der Waals surface area contributed by atoms with E-state index in [2.05, 4.69) is 29.0 Å². The van der Waals surface area contributed by atoms with Gasteiger partial charge < -0.3 is 5.32 Å². The Balaban J connectivity index is 1.96. The van der Waals surface area contributed by atoms with E-state index < -0.39 is 0 Å². The third-order valence-electron chi connectivity index (χ3n) is 2.98. The summed E-state index contributed by atoms with van der Waals surface area (Å²) < 4.78 is 0. The number of hydrogen-bond acceptors (Lipinski definition) is 4. The van der Waals surface area contributed by atoms with E-state index in [-0.39, 0.29) is 0 Å². The molecule has 1 aromatic heterocycles. The lowest BCUT2D eigenvalue weighted by Gasteiger charge is -2.26. The largest absolute Gasteiger partial charge is 0.314 e. The molecule has 1 aromatic rings. The number of piperazine rings is 1. The molecule has 0 atom stereocenters. The minimum atomic E-state index is 1.09. The molecule has 0 bridgehead atoms. The lowest BCUT2D eigenvalue weighted by atomic mass is 10.3. The Kier molecular flexibility index (Phi) is 4.32. The van der Waals surface area contributed by atoms with Crippen LogP contribution in [0.25, 0.3) is 0 Å². The lowest BCUT2D eigenvalue weighted by molar-refractivity contribution is 0.234. The molecular formula is C12H21N3S. The highest BCUT2D eigenvalue weighted by Crippen LogP contribution is 2.21. The van der Waals surface area contributed by atoms with Gasteiger partial charge in [-0.3, -0.25) is 4.90 Å². The van der Waals surface area contributed by atoms with E-state index in [0.29, 0.717) is 0 Å². The Bertz CT molecular complexity index is 329. The van der Waals surface area contributed by atoms with E-state index in [0.717, 1.165) is 26.1 Å². The molecule has 0 unspecified atom stereocenters. The fraction of sp³-hybridized carbons (Fsp3) is 0.750. The standard InChI is InChI=1S/C12H21N3S/c1-3-4-12-14-10(2)11(16-12)9-15-7-5-13-6-8-15/h13H,3-9H2,1-2H3. The van der Waals surface area contributed by atoms with Gasteiger partial charge in [-0.05, 0) is 19.8 Å². The molecule has 0 amide bonds. The zero-order valence-corrected chi connectivity index (χ0v) is 11.1. The van der Waals surface area contributed by atoms with E-state index in [1.54, 1.807) is 0 Å². The summed E-state index contributed by atoms with van der Waals surface area (Å²) in [6, 6.07) is 0. The second-order valence-corrected chi connectivity index (χ2v) is 5.56. The summed E-state index contributed by atoms with van der Waals surface area (Å²) in [7, 11) is 0. The van der Waals surface area contributed by atoms with Crippen LogP contribution < -0.4 is 5.32 Å². The van der Waals surface area contributed by atoms with E-state index in [4.69, 9.17) is 0 Å². The zero-order chi connectivity index (χ0) is 11.4. The maximum Gasteiger partial charge on any atom is 0.0931 e. The van der Waals surface area contributed by atoms with Crippen molar-refractivity contribution in [2.75, 3.05) is 26.2 Å². The highest BCUT2D eigenvalue weighted by molar-refractivity contribution is 7.11. The van der Waals surface area contributed by atoms with Gasteiger partial charge in [-0.1, -0.05) is 6.92 Å². The summed E-state index contributed by atoms with van der Waals surface area (Å²) >= 11 is 1.90. The fourth-order valence-corrected chi connectivity index (χ4v) is 3.24. The summed E-state index contributed by atoms with van der Waals surface area (Å²) in [4.78, 5) is 8.63. The molecule has 1 aliphatic heterocycles. The van der Waals surface area contributed by atoms with Crippen LogP contribution in [0.15, 0.2) is 0 Å². The van der Waals surface area contributed by atoms with Crippen molar-refractivity contribution in [2.24, 2.45) is 0 Å². The van der Waals surface area contributed by atoms with Crippen LogP contribution in [-0.4, -0.2) is 36.1 Å². The first-order chi connectivity index (χ1) is 7.79. The topological polar surface area (TPSA) is 28.2 Å². The monoisotopic (exact) mass is 239 g/mol. The molecule has 1 aliphatic rings. The molecule has 4 heteroatoms. The van der Waals surface area contributed by atoms with Gasteiger partial charge in [-0.25, -0.2) is 4.98 Å². The average Bonchev–Trinajstić information content (AvgIpc) is 2.61. The summed E-state index contributed by atoms with van der Waals surface area (Å²) in [5.41, 5.74) is 1.24. The van der Waals surface area contributed by atoms with Crippen molar-refractivity contribution in [3.05, 3.63) is 15.6 Å². The zero-order valence-electron chi connectivity index (χ0n) is 10.3. The predicted molar refractivity (Wildman–Crippen MR) is 69.0 cm³/mol. The minimum absolute atomic E-state index is 1.09. The van der Waals surface area contributed by atoms with Gasteiger partial charge in [0.25, 0.3) is 0 Å². The molecule has 0 saturated carbocycles. The second-order valence-electron chi connectivity index (χ2n) is 4.39. The van der Waals surface area contributed by atoms with Gasteiger partial charge in [0.15, 0.2) is 0 Å². The molecule has 1 N–H and O–H groups in total. The predicted octanol–water partition coefficient (Wildman–Crippen LogP) is 1.81. The highest BCUT2D eigenvalue weighted by atomic mass is 32.1. The molecule has 3 nitrogen and oxygen atoms in total. The first-order valence-corrected chi connectivity index (χ1v) is 6.99.